The highest BCUT2D eigenvalue weighted by atomic mass is 32.2. The molecule has 1 rings (SSSR count). The minimum Gasteiger partial charge on any atom is -0.478 e. The third-order valence-electron chi connectivity index (χ3n) is 1.77. The van der Waals surface area contributed by atoms with Crippen molar-refractivity contribution in [2.45, 2.75) is 25.5 Å². The van der Waals surface area contributed by atoms with Gasteiger partial charge in [-0.05, 0) is 12.5 Å². The lowest BCUT2D eigenvalue weighted by Crippen LogP contribution is -1.96. The predicted octanol–water partition coefficient (Wildman–Crippen LogP) is 3.28. The molecule has 0 bridgehead atoms. The average Bonchev–Trinajstić information content (AvgIpc) is 2.28. The fourth-order valence-electron chi connectivity index (χ4n) is 1.18. The Balaban J connectivity index is 2.95. The van der Waals surface area contributed by atoms with Crippen LogP contribution in [0.2, 0.25) is 0 Å². The molecule has 0 aromatic rings. The first-order valence-corrected chi connectivity index (χ1v) is 5.55. The van der Waals surface area contributed by atoms with E-state index in [2.05, 4.69) is 0 Å². The lowest BCUT2D eigenvalue weighted by molar-refractivity contribution is -0.132. The smallest absolute Gasteiger partial charge is 0.335 e. The highest BCUT2D eigenvalue weighted by Gasteiger charge is 2.13. The maximum atomic E-state index is 13.6. The standard InChI is InChI=1S/C11H13FO2S/c1-7(2)15-10-5-3-4-8(11(13)14)6-9(10)12/h3-4,6-7H,5H2,1-2H3,(H,13,14). The second kappa shape index (κ2) is 5.16. The number of carboxylic acids is 1. The summed E-state index contributed by atoms with van der Waals surface area (Å²) in [7, 11) is 0. The highest BCUT2D eigenvalue weighted by molar-refractivity contribution is 8.03. The first kappa shape index (κ1) is 12.0. The minimum absolute atomic E-state index is 0.00754. The molecule has 0 heterocycles. The van der Waals surface area contributed by atoms with Gasteiger partial charge in [-0.25, -0.2) is 9.18 Å². The van der Waals surface area contributed by atoms with E-state index in [1.54, 1.807) is 6.08 Å². The SMILES string of the molecule is CC(C)SC1=C(F)C=C(C(=O)O)C=CC1. The monoisotopic (exact) mass is 228 g/mol. The summed E-state index contributed by atoms with van der Waals surface area (Å²) in [6.07, 6.45) is 4.66. The predicted molar refractivity (Wildman–Crippen MR) is 60.3 cm³/mol. The number of thioether (sulfide) groups is 1. The average molecular weight is 228 g/mol. The second-order valence-corrected chi connectivity index (χ2v) is 5.12. The lowest BCUT2D eigenvalue weighted by atomic mass is 10.2. The van der Waals surface area contributed by atoms with Gasteiger partial charge >= 0.3 is 5.97 Å². The molecule has 1 aliphatic carbocycles. The van der Waals surface area contributed by atoms with Gasteiger partial charge in [0.05, 0.1) is 5.57 Å². The summed E-state index contributed by atoms with van der Waals surface area (Å²) in [5.41, 5.74) is -0.00754. The molecule has 0 radical (unpaired) electrons. The van der Waals surface area contributed by atoms with Crippen LogP contribution in [0.1, 0.15) is 20.3 Å². The second-order valence-electron chi connectivity index (χ2n) is 3.45. The maximum absolute atomic E-state index is 13.6. The Morgan fingerprint density at radius 1 is 1.60 bits per heavy atom. The summed E-state index contributed by atoms with van der Waals surface area (Å²) in [4.78, 5) is 11.3. The van der Waals surface area contributed by atoms with Gasteiger partial charge in [-0.1, -0.05) is 26.0 Å². The first-order valence-electron chi connectivity index (χ1n) is 4.67. The fraction of sp³-hybridized carbons (Fsp3) is 0.364. The number of allylic oxidation sites excluding steroid dienone is 4. The van der Waals surface area contributed by atoms with Gasteiger partial charge in [-0.2, -0.15) is 0 Å². The summed E-state index contributed by atoms with van der Waals surface area (Å²) >= 11 is 1.43. The van der Waals surface area contributed by atoms with Crippen molar-refractivity contribution in [2.75, 3.05) is 0 Å². The van der Waals surface area contributed by atoms with Crippen LogP contribution in [-0.2, 0) is 4.79 Å². The summed E-state index contributed by atoms with van der Waals surface area (Å²) in [5, 5.41) is 9.02. The Labute approximate surface area is 92.6 Å². The summed E-state index contributed by atoms with van der Waals surface area (Å²) in [6, 6.07) is 0. The largest absolute Gasteiger partial charge is 0.478 e. The molecule has 0 aromatic carbocycles. The molecule has 0 atom stereocenters. The number of hydrogen-bond donors (Lipinski definition) is 1. The van der Waals surface area contributed by atoms with Crippen LogP contribution in [0.3, 0.4) is 0 Å². The van der Waals surface area contributed by atoms with E-state index in [0.29, 0.717) is 16.6 Å². The van der Waals surface area contributed by atoms with Crippen molar-refractivity contribution in [3.8, 4) is 0 Å². The Morgan fingerprint density at radius 3 is 2.80 bits per heavy atom. The lowest BCUT2D eigenvalue weighted by Gasteiger charge is -2.07. The van der Waals surface area contributed by atoms with Crippen molar-refractivity contribution in [1.82, 2.24) is 0 Å². The van der Waals surface area contributed by atoms with Crippen molar-refractivity contribution in [3.05, 3.63) is 34.5 Å². The molecule has 0 saturated heterocycles. The van der Waals surface area contributed by atoms with Gasteiger partial charge in [0, 0.05) is 10.2 Å². The first-order chi connectivity index (χ1) is 7.00. The molecule has 0 spiro atoms. The molecule has 1 aliphatic rings. The molecule has 4 heteroatoms. The van der Waals surface area contributed by atoms with Crippen molar-refractivity contribution in [2.24, 2.45) is 0 Å². The third kappa shape index (κ3) is 3.55. The molecule has 0 fully saturated rings. The molecular formula is C11H13FO2S. The van der Waals surface area contributed by atoms with E-state index >= 15 is 0 Å². The van der Waals surface area contributed by atoms with Gasteiger partial charge in [-0.3, -0.25) is 0 Å². The third-order valence-corrected chi connectivity index (χ3v) is 2.89. The molecule has 0 unspecified atom stereocenters. The maximum Gasteiger partial charge on any atom is 0.335 e. The summed E-state index contributed by atoms with van der Waals surface area (Å²) in [6.45, 7) is 3.95. The molecule has 2 nitrogen and oxygen atoms in total. The number of hydrogen-bond acceptors (Lipinski definition) is 2. The van der Waals surface area contributed by atoms with Crippen molar-refractivity contribution >= 4 is 17.7 Å². The molecule has 0 saturated carbocycles. The van der Waals surface area contributed by atoms with E-state index in [0.717, 1.165) is 6.08 Å². The van der Waals surface area contributed by atoms with Crippen molar-refractivity contribution in [3.63, 3.8) is 0 Å². The topological polar surface area (TPSA) is 37.3 Å². The van der Waals surface area contributed by atoms with Crippen LogP contribution in [0.4, 0.5) is 4.39 Å². The molecule has 15 heavy (non-hydrogen) atoms. The molecule has 0 amide bonds. The van der Waals surface area contributed by atoms with Gasteiger partial charge in [0.2, 0.25) is 0 Å². The van der Waals surface area contributed by atoms with Crippen LogP contribution in [-0.4, -0.2) is 16.3 Å². The number of carbonyl (C=O) groups is 1. The van der Waals surface area contributed by atoms with Gasteiger partial charge in [0.1, 0.15) is 5.83 Å². The van der Waals surface area contributed by atoms with E-state index in [9.17, 15) is 9.18 Å². The Bertz CT molecular complexity index is 354. The number of rotatable bonds is 3. The van der Waals surface area contributed by atoms with Crippen LogP contribution in [0, 0.1) is 0 Å². The normalized spacial score (nSPS) is 16.7. The zero-order valence-corrected chi connectivity index (χ0v) is 9.47. The van der Waals surface area contributed by atoms with Crippen LogP contribution in [0.15, 0.2) is 34.5 Å². The molecule has 0 aromatic heterocycles. The number of aliphatic carboxylic acids is 1. The number of halogens is 1. The van der Waals surface area contributed by atoms with E-state index in [-0.39, 0.29) is 5.57 Å². The van der Waals surface area contributed by atoms with E-state index in [4.69, 9.17) is 5.11 Å². The molecule has 1 N–H and O–H groups in total. The van der Waals surface area contributed by atoms with Crippen LogP contribution >= 0.6 is 11.8 Å². The molecule has 82 valence electrons. The van der Waals surface area contributed by atoms with Gasteiger partial charge < -0.3 is 5.11 Å². The fourth-order valence-corrected chi connectivity index (χ4v) is 2.11. The van der Waals surface area contributed by atoms with Crippen LogP contribution in [0.25, 0.3) is 0 Å². The van der Waals surface area contributed by atoms with E-state index in [1.807, 2.05) is 13.8 Å². The van der Waals surface area contributed by atoms with Crippen LogP contribution in [0.5, 0.6) is 0 Å². The summed E-state index contributed by atoms with van der Waals surface area (Å²) in [5.74, 6) is -1.53. The van der Waals surface area contributed by atoms with Crippen molar-refractivity contribution in [1.29, 1.82) is 0 Å². The summed E-state index contributed by atoms with van der Waals surface area (Å²) < 4.78 is 13.6. The minimum atomic E-state index is -1.10. The van der Waals surface area contributed by atoms with Gasteiger partial charge in [0.15, 0.2) is 0 Å². The zero-order chi connectivity index (χ0) is 11.4. The van der Waals surface area contributed by atoms with Crippen molar-refractivity contribution < 1.29 is 14.3 Å². The van der Waals surface area contributed by atoms with E-state index < -0.39 is 11.8 Å². The van der Waals surface area contributed by atoms with Gasteiger partial charge in [-0.15, -0.1) is 11.8 Å². The molecular weight excluding hydrogens is 215 g/mol. The zero-order valence-electron chi connectivity index (χ0n) is 8.66. The number of carboxylic acid groups (broad SMARTS) is 1. The Hall–Kier alpha value is -1.03. The van der Waals surface area contributed by atoms with E-state index in [1.165, 1.54) is 17.8 Å². The Morgan fingerprint density at radius 2 is 2.27 bits per heavy atom. The molecule has 0 aliphatic heterocycles. The quantitative estimate of drug-likeness (QED) is 0.805. The van der Waals surface area contributed by atoms with Gasteiger partial charge in [0.25, 0.3) is 0 Å². The Kier molecular flexibility index (Phi) is 4.15. The van der Waals surface area contributed by atoms with Crippen LogP contribution < -0.4 is 0 Å². The highest BCUT2D eigenvalue weighted by Crippen LogP contribution is 2.31.